The maximum Gasteiger partial charge on any atom is 0.244 e. The van der Waals surface area contributed by atoms with Gasteiger partial charge in [0.15, 0.2) is 6.29 Å². The van der Waals surface area contributed by atoms with E-state index in [9.17, 15) is 9.59 Å². The standard InChI is InChI=1S/C38H47NO3/c1-8-10-14-34(27-37(41)39-7)33-19-17-31(18-20-33)23-29(5)24-32-13-12-15-35(26-32)38(28(3)4)30(6)25-36(16-11-9-2)42-22-21-40/h12-13,15-21,25-27,29H,9,11,14,22-24H2,1-7H3,(H,39,41)/b30-25-,34-27+,36-16-. The average Bonchev–Trinajstić information content (AvgIpc) is 2.97. The van der Waals surface area contributed by atoms with Crippen LogP contribution in [0.3, 0.4) is 0 Å². The molecule has 0 saturated heterocycles. The second-order valence-corrected chi connectivity index (χ2v) is 10.9. The van der Waals surface area contributed by atoms with Crippen LogP contribution in [0.2, 0.25) is 0 Å². The Bertz CT molecular complexity index is 1370. The maximum absolute atomic E-state index is 11.9. The molecule has 0 aliphatic rings. The van der Waals surface area contributed by atoms with Gasteiger partial charge in [-0.25, -0.2) is 0 Å². The fourth-order valence-corrected chi connectivity index (χ4v) is 5.01. The van der Waals surface area contributed by atoms with Crippen LogP contribution < -0.4 is 5.32 Å². The van der Waals surface area contributed by atoms with Crippen molar-refractivity contribution < 1.29 is 14.3 Å². The zero-order valence-electron chi connectivity index (χ0n) is 26.5. The number of carbonyl (C=O) groups excluding carboxylic acids is 2. The second kappa shape index (κ2) is 18.4. The largest absolute Gasteiger partial charge is 0.486 e. The van der Waals surface area contributed by atoms with E-state index in [0.717, 1.165) is 54.4 Å². The number of hydrogen-bond donors (Lipinski definition) is 1. The number of carbonyl (C=O) groups is 2. The molecule has 4 heteroatoms. The van der Waals surface area contributed by atoms with E-state index in [1.54, 1.807) is 13.1 Å². The van der Waals surface area contributed by atoms with Crippen molar-refractivity contribution in [2.24, 2.45) is 5.92 Å². The van der Waals surface area contributed by atoms with Gasteiger partial charge >= 0.3 is 0 Å². The highest BCUT2D eigenvalue weighted by atomic mass is 16.5. The topological polar surface area (TPSA) is 55.4 Å². The van der Waals surface area contributed by atoms with Crippen molar-refractivity contribution in [3.63, 3.8) is 0 Å². The van der Waals surface area contributed by atoms with Crippen LogP contribution in [-0.4, -0.2) is 25.8 Å². The SMILES string of the molecule is CC#CC/C(=C\C(=O)NC)c1ccc(CC(C)Cc2cccc(C(=C(C)C)/C(C)=C\C(=C\CCC)OCC=O)c2)cc1. The molecule has 2 aromatic rings. The molecule has 0 bridgehead atoms. The third-order valence-electron chi connectivity index (χ3n) is 6.92. The van der Waals surface area contributed by atoms with Crippen molar-refractivity contribution >= 4 is 23.3 Å². The lowest BCUT2D eigenvalue weighted by Gasteiger charge is -2.16. The van der Waals surface area contributed by atoms with E-state index in [4.69, 9.17) is 4.74 Å². The van der Waals surface area contributed by atoms with Crippen LogP contribution in [-0.2, 0) is 27.2 Å². The van der Waals surface area contributed by atoms with Crippen molar-refractivity contribution in [2.75, 3.05) is 13.7 Å². The van der Waals surface area contributed by atoms with Crippen molar-refractivity contribution in [1.29, 1.82) is 0 Å². The van der Waals surface area contributed by atoms with Crippen LogP contribution >= 0.6 is 0 Å². The molecule has 1 amide bonds. The molecular formula is C38H47NO3. The first-order valence-corrected chi connectivity index (χ1v) is 14.9. The molecule has 0 aliphatic carbocycles. The predicted octanol–water partition coefficient (Wildman–Crippen LogP) is 8.29. The molecule has 42 heavy (non-hydrogen) atoms. The minimum Gasteiger partial charge on any atom is -0.486 e. The monoisotopic (exact) mass is 565 g/mol. The summed E-state index contributed by atoms with van der Waals surface area (Å²) in [4.78, 5) is 22.8. The van der Waals surface area contributed by atoms with Crippen molar-refractivity contribution in [2.45, 2.75) is 73.6 Å². The van der Waals surface area contributed by atoms with Crippen molar-refractivity contribution in [1.82, 2.24) is 5.32 Å². The van der Waals surface area contributed by atoms with Crippen LogP contribution in [0.1, 0.15) is 83.1 Å². The molecule has 4 nitrogen and oxygen atoms in total. The van der Waals surface area contributed by atoms with E-state index in [2.05, 4.69) is 106 Å². The highest BCUT2D eigenvalue weighted by Gasteiger charge is 2.12. The lowest BCUT2D eigenvalue weighted by Crippen LogP contribution is -2.14. The maximum atomic E-state index is 11.9. The molecule has 0 aliphatic heterocycles. The number of rotatable bonds is 15. The summed E-state index contributed by atoms with van der Waals surface area (Å²) >= 11 is 0. The normalized spacial score (nSPS) is 12.6. The third-order valence-corrected chi connectivity index (χ3v) is 6.92. The number of likely N-dealkylation sites (N-methyl/N-ethyl adjacent to an activating group) is 1. The van der Waals surface area contributed by atoms with Gasteiger partial charge in [0.2, 0.25) is 5.91 Å². The van der Waals surface area contributed by atoms with Gasteiger partial charge in [-0.2, -0.15) is 0 Å². The zero-order chi connectivity index (χ0) is 30.9. The highest BCUT2D eigenvalue weighted by Crippen LogP contribution is 2.29. The summed E-state index contributed by atoms with van der Waals surface area (Å²) in [6, 6.07) is 17.3. The Morgan fingerprint density at radius 3 is 2.33 bits per heavy atom. The Balaban J connectivity index is 2.21. The minimum atomic E-state index is -0.121. The van der Waals surface area contributed by atoms with Gasteiger partial charge in [0, 0.05) is 19.5 Å². The lowest BCUT2D eigenvalue weighted by atomic mass is 9.89. The molecule has 2 rings (SSSR count). The van der Waals surface area contributed by atoms with Crippen LogP contribution in [0.25, 0.3) is 11.1 Å². The van der Waals surface area contributed by atoms with E-state index >= 15 is 0 Å². The van der Waals surface area contributed by atoms with E-state index in [1.165, 1.54) is 27.8 Å². The first-order chi connectivity index (χ1) is 20.2. The summed E-state index contributed by atoms with van der Waals surface area (Å²) < 4.78 is 5.69. The van der Waals surface area contributed by atoms with Crippen LogP contribution in [0, 0.1) is 17.8 Å². The van der Waals surface area contributed by atoms with E-state index < -0.39 is 0 Å². The molecule has 1 N–H and O–H groups in total. The number of amides is 1. The van der Waals surface area contributed by atoms with E-state index in [0.29, 0.717) is 12.3 Å². The molecule has 1 unspecified atom stereocenters. The summed E-state index contributed by atoms with van der Waals surface area (Å²) in [7, 11) is 1.63. The Morgan fingerprint density at radius 2 is 1.71 bits per heavy atom. The van der Waals surface area contributed by atoms with Gasteiger partial charge < -0.3 is 10.1 Å². The smallest absolute Gasteiger partial charge is 0.244 e. The lowest BCUT2D eigenvalue weighted by molar-refractivity contribution is -0.116. The average molecular weight is 566 g/mol. The van der Waals surface area contributed by atoms with Gasteiger partial charge in [-0.05, 0) is 104 Å². The zero-order valence-corrected chi connectivity index (χ0v) is 26.5. The number of benzene rings is 2. The van der Waals surface area contributed by atoms with Gasteiger partial charge in [0.25, 0.3) is 0 Å². The highest BCUT2D eigenvalue weighted by molar-refractivity contribution is 5.95. The molecule has 222 valence electrons. The first-order valence-electron chi connectivity index (χ1n) is 14.9. The molecule has 2 aromatic carbocycles. The Morgan fingerprint density at radius 1 is 1.00 bits per heavy atom. The van der Waals surface area contributed by atoms with Gasteiger partial charge in [-0.15, -0.1) is 5.92 Å². The number of allylic oxidation sites excluding steroid dienone is 6. The Labute approximate surface area is 253 Å². The molecule has 0 spiro atoms. The summed E-state index contributed by atoms with van der Waals surface area (Å²) in [5, 5.41) is 2.66. The third kappa shape index (κ3) is 11.4. The van der Waals surface area contributed by atoms with E-state index in [1.807, 2.05) is 13.0 Å². The van der Waals surface area contributed by atoms with Crippen LogP contribution in [0.5, 0.6) is 0 Å². The predicted molar refractivity (Wildman–Crippen MR) is 177 cm³/mol. The number of unbranched alkanes of at least 4 members (excludes halogenated alkanes) is 1. The molecule has 0 aromatic heterocycles. The summed E-state index contributed by atoms with van der Waals surface area (Å²) in [6.45, 7) is 12.7. The molecular weight excluding hydrogens is 518 g/mol. The molecule has 0 radical (unpaired) electrons. The fourth-order valence-electron chi connectivity index (χ4n) is 5.01. The second-order valence-electron chi connectivity index (χ2n) is 10.9. The Kier molecular flexibility index (Phi) is 14.9. The molecule has 0 saturated carbocycles. The molecule has 1 atom stereocenters. The number of aldehydes is 1. The summed E-state index contributed by atoms with van der Waals surface area (Å²) in [5.74, 6) is 7.06. The first kappa shape index (κ1) is 34.1. The van der Waals surface area contributed by atoms with Gasteiger partial charge in [-0.1, -0.05) is 80.3 Å². The minimum absolute atomic E-state index is 0.0566. The van der Waals surface area contributed by atoms with Crippen molar-refractivity contribution in [3.05, 3.63) is 106 Å². The van der Waals surface area contributed by atoms with Gasteiger partial charge in [-0.3, -0.25) is 9.59 Å². The summed E-state index contributed by atoms with van der Waals surface area (Å²) in [6.07, 6.45) is 10.9. The van der Waals surface area contributed by atoms with Gasteiger partial charge in [0.05, 0.1) is 0 Å². The van der Waals surface area contributed by atoms with Crippen molar-refractivity contribution in [3.8, 4) is 11.8 Å². The van der Waals surface area contributed by atoms with Gasteiger partial charge in [0.1, 0.15) is 12.4 Å². The van der Waals surface area contributed by atoms with Crippen LogP contribution in [0.15, 0.2) is 83.7 Å². The summed E-state index contributed by atoms with van der Waals surface area (Å²) in [5.41, 5.74) is 9.25. The fraction of sp³-hybridized carbons (Fsp3) is 0.368. The number of hydrogen-bond acceptors (Lipinski definition) is 3. The molecule has 0 fully saturated rings. The van der Waals surface area contributed by atoms with Crippen LogP contribution in [0.4, 0.5) is 0 Å². The quantitative estimate of drug-likeness (QED) is 0.0777. The Hall–Kier alpha value is -4.10. The van der Waals surface area contributed by atoms with E-state index in [-0.39, 0.29) is 12.5 Å². The molecule has 0 heterocycles. The number of nitrogens with one attached hydrogen (secondary N) is 1. The number of ether oxygens (including phenoxy) is 1.